The Balaban J connectivity index is 1.53. The van der Waals surface area contributed by atoms with Crippen LogP contribution in [0.1, 0.15) is 31.2 Å². The lowest BCUT2D eigenvalue weighted by molar-refractivity contribution is -0.140. The molecule has 0 unspecified atom stereocenters. The molecule has 0 bridgehead atoms. The van der Waals surface area contributed by atoms with Crippen LogP contribution in [0.5, 0.6) is 0 Å². The minimum absolute atomic E-state index is 0.00917. The third-order valence-corrected chi connectivity index (χ3v) is 4.90. The summed E-state index contributed by atoms with van der Waals surface area (Å²) in [6.07, 6.45) is -1.77. The molecular formula is C17H24F2N4O4. The van der Waals surface area contributed by atoms with Crippen LogP contribution in [0.25, 0.3) is 0 Å². The van der Waals surface area contributed by atoms with E-state index in [9.17, 15) is 23.5 Å². The number of hydrogen-bond acceptors (Lipinski definition) is 6. The lowest BCUT2D eigenvalue weighted by atomic mass is 10.1. The van der Waals surface area contributed by atoms with Crippen molar-refractivity contribution in [2.24, 2.45) is 0 Å². The van der Waals surface area contributed by atoms with E-state index < -0.39 is 30.0 Å². The van der Waals surface area contributed by atoms with Crippen LogP contribution in [0.2, 0.25) is 0 Å². The van der Waals surface area contributed by atoms with Gasteiger partial charge < -0.3 is 20.1 Å². The normalized spacial score (nSPS) is 27.5. The number of amides is 1. The minimum Gasteiger partial charge on any atom is -0.384 e. The number of nitrogens with one attached hydrogen (secondary N) is 1. The number of nitrogens with zero attached hydrogens (tertiary/aromatic N) is 3. The van der Waals surface area contributed by atoms with Crippen molar-refractivity contribution in [3.8, 4) is 0 Å². The predicted octanol–water partition coefficient (Wildman–Crippen LogP) is 0.0474. The third kappa shape index (κ3) is 4.17. The van der Waals surface area contributed by atoms with Crippen LogP contribution in [-0.4, -0.2) is 69.8 Å². The standard InChI is InChI=1S/C17H24F2N4O4/c1-11-5-9-23(16(26)21-11)15-17(18,19)14(25)12(27-15)10-20-6-3-8-22-7-2-4-13(22)24/h5,9,12,14-15,20,25H,2-4,6-8,10H2,1H3/t12-,14-,15-/m1/s1. The van der Waals surface area contributed by atoms with Gasteiger partial charge in [0.25, 0.3) is 0 Å². The van der Waals surface area contributed by atoms with Crippen molar-refractivity contribution in [3.63, 3.8) is 0 Å². The van der Waals surface area contributed by atoms with Crippen LogP contribution in [0.15, 0.2) is 17.1 Å². The largest absolute Gasteiger partial charge is 0.384 e. The van der Waals surface area contributed by atoms with E-state index in [1.54, 1.807) is 11.8 Å². The highest BCUT2D eigenvalue weighted by molar-refractivity contribution is 5.77. The first kappa shape index (κ1) is 19.8. The fraction of sp³-hybridized carbons (Fsp3) is 0.706. The first-order valence-corrected chi connectivity index (χ1v) is 9.06. The molecule has 2 aliphatic rings. The van der Waals surface area contributed by atoms with Gasteiger partial charge in [0.15, 0.2) is 0 Å². The smallest absolute Gasteiger partial charge is 0.350 e. The molecule has 0 saturated carbocycles. The van der Waals surface area contributed by atoms with E-state index >= 15 is 0 Å². The van der Waals surface area contributed by atoms with Gasteiger partial charge in [-0.2, -0.15) is 13.8 Å². The molecule has 3 heterocycles. The summed E-state index contributed by atoms with van der Waals surface area (Å²) in [6, 6.07) is 1.43. The number of hydrogen-bond donors (Lipinski definition) is 2. The van der Waals surface area contributed by atoms with Crippen LogP contribution in [0.4, 0.5) is 8.78 Å². The van der Waals surface area contributed by atoms with Gasteiger partial charge >= 0.3 is 11.6 Å². The Labute approximate surface area is 155 Å². The van der Waals surface area contributed by atoms with Crippen molar-refractivity contribution in [2.45, 2.75) is 50.5 Å². The van der Waals surface area contributed by atoms with Crippen LogP contribution >= 0.6 is 0 Å². The Morgan fingerprint density at radius 1 is 1.44 bits per heavy atom. The molecule has 0 aliphatic carbocycles. The van der Waals surface area contributed by atoms with Gasteiger partial charge in [-0.3, -0.25) is 9.36 Å². The van der Waals surface area contributed by atoms with E-state index in [0.29, 0.717) is 36.2 Å². The number of ether oxygens (including phenoxy) is 1. The molecule has 2 aliphatic heterocycles. The molecular weight excluding hydrogens is 362 g/mol. The quantitative estimate of drug-likeness (QED) is 0.643. The summed E-state index contributed by atoms with van der Waals surface area (Å²) in [5, 5.41) is 12.9. The van der Waals surface area contributed by atoms with Gasteiger partial charge in [0.05, 0.1) is 0 Å². The number of carbonyl (C=O) groups excluding carboxylic acids is 1. The molecule has 8 nitrogen and oxygen atoms in total. The first-order chi connectivity index (χ1) is 12.8. The maximum Gasteiger partial charge on any atom is 0.350 e. The Kier molecular flexibility index (Phi) is 5.87. The second kappa shape index (κ2) is 7.99. The minimum atomic E-state index is -3.62. The fourth-order valence-corrected chi connectivity index (χ4v) is 3.39. The lowest BCUT2D eigenvalue weighted by Crippen LogP contribution is -2.43. The molecule has 1 aromatic rings. The van der Waals surface area contributed by atoms with Gasteiger partial charge in [-0.15, -0.1) is 0 Å². The molecule has 2 fully saturated rings. The summed E-state index contributed by atoms with van der Waals surface area (Å²) in [6.45, 7) is 3.46. The molecule has 2 N–H and O–H groups in total. The zero-order valence-corrected chi connectivity index (χ0v) is 15.1. The maximum absolute atomic E-state index is 14.4. The van der Waals surface area contributed by atoms with Crippen molar-refractivity contribution in [3.05, 3.63) is 28.4 Å². The average Bonchev–Trinajstić information content (AvgIpc) is 3.11. The number of likely N-dealkylation sites (tertiary alicyclic amines) is 1. The van der Waals surface area contributed by atoms with Crippen LogP contribution < -0.4 is 11.0 Å². The number of rotatable bonds is 7. The van der Waals surface area contributed by atoms with Gasteiger partial charge in [0.2, 0.25) is 12.1 Å². The van der Waals surface area contributed by atoms with E-state index in [1.807, 2.05) is 0 Å². The molecule has 1 amide bonds. The third-order valence-electron chi connectivity index (χ3n) is 4.90. The molecule has 0 radical (unpaired) electrons. The first-order valence-electron chi connectivity index (χ1n) is 9.06. The molecule has 0 spiro atoms. The van der Waals surface area contributed by atoms with Crippen molar-refractivity contribution in [1.29, 1.82) is 0 Å². The zero-order valence-electron chi connectivity index (χ0n) is 15.1. The van der Waals surface area contributed by atoms with Gasteiger partial charge in [-0.05, 0) is 32.4 Å². The second-order valence-electron chi connectivity index (χ2n) is 6.95. The number of aliphatic hydroxyl groups excluding tert-OH is 1. The molecule has 1 aromatic heterocycles. The number of aromatic nitrogens is 2. The topological polar surface area (TPSA) is 96.7 Å². The number of aliphatic hydroxyl groups is 1. The zero-order chi connectivity index (χ0) is 19.6. The van der Waals surface area contributed by atoms with E-state index in [2.05, 4.69) is 10.3 Å². The van der Waals surface area contributed by atoms with Crippen molar-refractivity contribution < 1.29 is 23.4 Å². The van der Waals surface area contributed by atoms with Gasteiger partial charge in [0, 0.05) is 37.9 Å². The molecule has 3 rings (SSSR count). The number of carbonyl (C=O) groups is 1. The highest BCUT2D eigenvalue weighted by Gasteiger charge is 2.59. The average molecular weight is 386 g/mol. The highest BCUT2D eigenvalue weighted by Crippen LogP contribution is 2.41. The van der Waals surface area contributed by atoms with E-state index in [-0.39, 0.29) is 12.5 Å². The van der Waals surface area contributed by atoms with Gasteiger partial charge in [-0.1, -0.05) is 0 Å². The van der Waals surface area contributed by atoms with Gasteiger partial charge in [-0.25, -0.2) is 4.79 Å². The summed E-state index contributed by atoms with van der Waals surface area (Å²) in [5.41, 5.74) is -0.441. The molecule has 150 valence electrons. The Morgan fingerprint density at radius 2 is 2.22 bits per heavy atom. The number of halogens is 2. The molecule has 27 heavy (non-hydrogen) atoms. The highest BCUT2D eigenvalue weighted by atomic mass is 19.3. The molecule has 0 aromatic carbocycles. The Morgan fingerprint density at radius 3 is 2.89 bits per heavy atom. The summed E-state index contributed by atoms with van der Waals surface area (Å²) in [7, 11) is 0. The lowest BCUT2D eigenvalue weighted by Gasteiger charge is -2.20. The van der Waals surface area contributed by atoms with Crippen molar-refractivity contribution in [2.75, 3.05) is 26.2 Å². The van der Waals surface area contributed by atoms with Crippen molar-refractivity contribution >= 4 is 5.91 Å². The Bertz CT molecular complexity index is 742. The predicted molar refractivity (Wildman–Crippen MR) is 91.4 cm³/mol. The molecule has 2 saturated heterocycles. The SMILES string of the molecule is Cc1ccn([C@@H]2O[C@H](CNCCCN3CCCC3=O)[C@@H](O)C2(F)F)c(=O)n1. The number of aryl methyl sites for hydroxylation is 1. The summed E-state index contributed by atoms with van der Waals surface area (Å²) in [5.74, 6) is -3.47. The summed E-state index contributed by atoms with van der Waals surface area (Å²) < 4.78 is 34.8. The van der Waals surface area contributed by atoms with E-state index in [0.717, 1.165) is 13.0 Å². The van der Waals surface area contributed by atoms with Crippen molar-refractivity contribution in [1.82, 2.24) is 19.8 Å². The van der Waals surface area contributed by atoms with Crippen LogP contribution in [0, 0.1) is 6.92 Å². The maximum atomic E-state index is 14.4. The molecule has 10 heteroatoms. The van der Waals surface area contributed by atoms with E-state index in [4.69, 9.17) is 4.74 Å². The fourth-order valence-electron chi connectivity index (χ4n) is 3.39. The summed E-state index contributed by atoms with van der Waals surface area (Å²) >= 11 is 0. The number of alkyl halides is 2. The van der Waals surface area contributed by atoms with Crippen LogP contribution in [-0.2, 0) is 9.53 Å². The van der Waals surface area contributed by atoms with Gasteiger partial charge in [0.1, 0.15) is 12.2 Å². The monoisotopic (exact) mass is 386 g/mol. The second-order valence-corrected chi connectivity index (χ2v) is 6.95. The van der Waals surface area contributed by atoms with Crippen LogP contribution in [0.3, 0.4) is 0 Å². The molecule has 3 atom stereocenters. The Hall–Kier alpha value is -1.91. The summed E-state index contributed by atoms with van der Waals surface area (Å²) in [4.78, 5) is 28.8. The van der Waals surface area contributed by atoms with E-state index in [1.165, 1.54) is 12.3 Å².